The molecule has 1 atom stereocenters. The number of Topliss-reactive ketones (excluding diaryl/α,β-unsaturated/α-hetero) is 1. The molecule has 4 nitrogen and oxygen atoms in total. The summed E-state index contributed by atoms with van der Waals surface area (Å²) in [6.45, 7) is 0.959. The standard InChI is InChI=1S/C9H11N2O2/c1-13-9-6-11-4-2-3-7(11)8(12)5-10-9/h2-3,9-10H,5-6H2,1H3/q+1. The largest absolute Gasteiger partial charge is 0.360 e. The topological polar surface area (TPSA) is 41.3 Å². The molecule has 0 aromatic carbocycles. The second-order valence-corrected chi connectivity index (χ2v) is 2.99. The number of ether oxygens (including phenoxy) is 1. The lowest BCUT2D eigenvalue weighted by Crippen LogP contribution is -2.36. The first-order valence-electron chi connectivity index (χ1n) is 4.18. The molecule has 1 fully saturated rings. The van der Waals surface area contributed by atoms with Gasteiger partial charge in [-0.15, -0.1) is 4.58 Å². The van der Waals surface area contributed by atoms with Gasteiger partial charge in [0.15, 0.2) is 18.6 Å². The Kier molecular flexibility index (Phi) is 2.10. The molecule has 4 heteroatoms. The lowest BCUT2D eigenvalue weighted by molar-refractivity contribution is -0.472. The highest BCUT2D eigenvalue weighted by Gasteiger charge is 2.31. The highest BCUT2D eigenvalue weighted by atomic mass is 16.5. The summed E-state index contributed by atoms with van der Waals surface area (Å²) in [5, 5.41) is 3.00. The number of rotatable bonds is 1. The van der Waals surface area contributed by atoms with E-state index in [0.29, 0.717) is 18.8 Å². The summed E-state index contributed by atoms with van der Waals surface area (Å²) in [5.41, 5.74) is 0.701. The third-order valence-electron chi connectivity index (χ3n) is 2.17. The van der Waals surface area contributed by atoms with Gasteiger partial charge in [0.1, 0.15) is 0 Å². The van der Waals surface area contributed by atoms with Crippen LogP contribution in [0.2, 0.25) is 0 Å². The van der Waals surface area contributed by atoms with E-state index in [1.54, 1.807) is 23.8 Å². The number of nitrogens with zero attached hydrogens (tertiary/aromatic N) is 1. The molecule has 2 aliphatic rings. The minimum Gasteiger partial charge on any atom is -0.360 e. The van der Waals surface area contributed by atoms with Crippen LogP contribution in [0.3, 0.4) is 0 Å². The lowest BCUT2D eigenvalue weighted by Gasteiger charge is -2.08. The van der Waals surface area contributed by atoms with E-state index in [2.05, 4.69) is 11.2 Å². The maximum atomic E-state index is 11.5. The molecule has 0 aromatic rings. The van der Waals surface area contributed by atoms with Crippen LogP contribution in [0, 0.1) is 0 Å². The van der Waals surface area contributed by atoms with Gasteiger partial charge in [0.05, 0.1) is 12.6 Å². The Bertz CT molecular complexity index is 338. The fraction of sp³-hybridized carbons (Fsp3) is 0.444. The van der Waals surface area contributed by atoms with Crippen molar-refractivity contribution in [1.29, 1.82) is 0 Å². The van der Waals surface area contributed by atoms with Gasteiger partial charge in [-0.2, -0.15) is 0 Å². The van der Waals surface area contributed by atoms with Crippen molar-refractivity contribution < 1.29 is 14.1 Å². The zero-order chi connectivity index (χ0) is 9.26. The summed E-state index contributed by atoms with van der Waals surface area (Å²) in [4.78, 5) is 11.5. The van der Waals surface area contributed by atoms with E-state index in [1.165, 1.54) is 0 Å². The first kappa shape index (κ1) is 8.38. The number of carbonyl (C=O) groups excluding carboxylic acids is 1. The number of fused-ring (bicyclic) bond motifs is 1. The molecular weight excluding hydrogens is 168 g/mol. The Morgan fingerprint density at radius 3 is 3.38 bits per heavy atom. The van der Waals surface area contributed by atoms with Crippen LogP contribution in [0.25, 0.3) is 0 Å². The van der Waals surface area contributed by atoms with Crippen LogP contribution in [0.4, 0.5) is 0 Å². The van der Waals surface area contributed by atoms with Gasteiger partial charge in [-0.3, -0.25) is 10.1 Å². The van der Waals surface area contributed by atoms with Crippen molar-refractivity contribution in [3.63, 3.8) is 0 Å². The molecule has 68 valence electrons. The minimum atomic E-state index is -0.103. The molecule has 0 bridgehead atoms. The Morgan fingerprint density at radius 2 is 2.62 bits per heavy atom. The van der Waals surface area contributed by atoms with E-state index in [1.807, 2.05) is 0 Å². The van der Waals surface area contributed by atoms with Gasteiger partial charge in [-0.1, -0.05) is 0 Å². The number of hydrogen-bond donors (Lipinski definition) is 1. The maximum absolute atomic E-state index is 11.5. The number of ketones is 1. The van der Waals surface area contributed by atoms with Crippen LogP contribution >= 0.6 is 0 Å². The van der Waals surface area contributed by atoms with E-state index >= 15 is 0 Å². The number of nitrogens with one attached hydrogen (secondary N) is 1. The smallest absolute Gasteiger partial charge is 0.260 e. The molecule has 0 saturated carbocycles. The van der Waals surface area contributed by atoms with Crippen molar-refractivity contribution in [1.82, 2.24) is 5.32 Å². The summed E-state index contributed by atoms with van der Waals surface area (Å²) in [6, 6.07) is 0. The average Bonchev–Trinajstić information content (AvgIpc) is 2.54. The van der Waals surface area contributed by atoms with E-state index in [9.17, 15) is 4.79 Å². The van der Waals surface area contributed by atoms with Crippen molar-refractivity contribution in [3.05, 3.63) is 17.8 Å². The van der Waals surface area contributed by atoms with E-state index in [-0.39, 0.29) is 12.0 Å². The summed E-state index contributed by atoms with van der Waals surface area (Å²) >= 11 is 0. The van der Waals surface area contributed by atoms with Crippen LogP contribution in [0.5, 0.6) is 0 Å². The molecule has 1 saturated heterocycles. The summed E-state index contributed by atoms with van der Waals surface area (Å²) < 4.78 is 6.93. The number of carbonyl (C=O) groups is 1. The SMILES string of the molecule is COC1C[N+]2=C=CC=C2C(=O)CN1. The predicted octanol–water partition coefficient (Wildman–Crippen LogP) is -0.733. The Balaban J connectivity index is 2.26. The minimum absolute atomic E-state index is 0.0841. The molecule has 0 aromatic heterocycles. The summed E-state index contributed by atoms with van der Waals surface area (Å²) in [5.74, 6) is 3.05. The van der Waals surface area contributed by atoms with Gasteiger partial charge in [-0.25, -0.2) is 0 Å². The van der Waals surface area contributed by atoms with Crippen molar-refractivity contribution >= 4 is 11.7 Å². The molecule has 0 aliphatic carbocycles. The first-order valence-corrected chi connectivity index (χ1v) is 4.18. The van der Waals surface area contributed by atoms with Gasteiger partial charge in [0.25, 0.3) is 5.70 Å². The quantitative estimate of drug-likeness (QED) is 0.539. The fourth-order valence-electron chi connectivity index (χ4n) is 1.45. The van der Waals surface area contributed by atoms with Crippen LogP contribution in [0.1, 0.15) is 0 Å². The monoisotopic (exact) mass is 179 g/mol. The molecule has 0 radical (unpaired) electrons. The third-order valence-corrected chi connectivity index (χ3v) is 2.17. The second-order valence-electron chi connectivity index (χ2n) is 2.99. The van der Waals surface area contributed by atoms with Crippen LogP contribution in [0.15, 0.2) is 17.8 Å². The van der Waals surface area contributed by atoms with Crippen molar-refractivity contribution in [3.8, 4) is 0 Å². The Morgan fingerprint density at radius 1 is 1.77 bits per heavy atom. The number of hydrogen-bond acceptors (Lipinski definition) is 3. The Labute approximate surface area is 76.2 Å². The van der Waals surface area contributed by atoms with Crippen molar-refractivity contribution in [2.75, 3.05) is 20.2 Å². The van der Waals surface area contributed by atoms with Gasteiger partial charge in [-0.05, 0) is 0 Å². The highest BCUT2D eigenvalue weighted by Crippen LogP contribution is 2.07. The molecule has 0 amide bonds. The molecule has 1 N–H and O–H groups in total. The van der Waals surface area contributed by atoms with Crippen LogP contribution < -0.4 is 5.32 Å². The van der Waals surface area contributed by atoms with Gasteiger partial charge in [0, 0.05) is 13.2 Å². The van der Waals surface area contributed by atoms with E-state index < -0.39 is 0 Å². The van der Waals surface area contributed by atoms with Gasteiger partial charge < -0.3 is 4.74 Å². The van der Waals surface area contributed by atoms with Crippen LogP contribution in [-0.2, 0) is 9.53 Å². The molecule has 2 aliphatic heterocycles. The molecule has 0 spiro atoms. The van der Waals surface area contributed by atoms with Crippen LogP contribution in [-0.4, -0.2) is 42.7 Å². The lowest BCUT2D eigenvalue weighted by atomic mass is 10.3. The molecule has 13 heavy (non-hydrogen) atoms. The summed E-state index contributed by atoms with van der Waals surface area (Å²) in [6.07, 6.45) is 3.43. The predicted molar refractivity (Wildman–Crippen MR) is 46.6 cm³/mol. The molecule has 1 unspecified atom stereocenters. The van der Waals surface area contributed by atoms with E-state index in [4.69, 9.17) is 4.74 Å². The molecule has 2 heterocycles. The highest BCUT2D eigenvalue weighted by molar-refractivity contribution is 5.96. The van der Waals surface area contributed by atoms with E-state index in [0.717, 1.165) is 0 Å². The van der Waals surface area contributed by atoms with Gasteiger partial charge in [0.2, 0.25) is 5.78 Å². The summed E-state index contributed by atoms with van der Waals surface area (Å²) in [7, 11) is 1.62. The average molecular weight is 179 g/mol. The van der Waals surface area contributed by atoms with Crippen molar-refractivity contribution in [2.45, 2.75) is 6.23 Å². The normalized spacial score (nSPS) is 26.5. The second kappa shape index (κ2) is 3.26. The zero-order valence-electron chi connectivity index (χ0n) is 7.41. The maximum Gasteiger partial charge on any atom is 0.260 e. The fourth-order valence-corrected chi connectivity index (χ4v) is 1.45. The van der Waals surface area contributed by atoms with Gasteiger partial charge >= 0.3 is 0 Å². The number of allylic oxidation sites excluding steroid dienone is 2. The zero-order valence-corrected chi connectivity index (χ0v) is 7.41. The first-order chi connectivity index (χ1) is 6.31. The Hall–Kier alpha value is -1.22. The van der Waals surface area contributed by atoms with Crippen molar-refractivity contribution in [2.24, 2.45) is 0 Å². The third kappa shape index (κ3) is 1.47. The number of methoxy groups -OCH3 is 1. The molecular formula is C9H11N2O2+. The molecule has 2 rings (SSSR count).